The van der Waals surface area contributed by atoms with Gasteiger partial charge in [-0.1, -0.05) is 13.8 Å². The first-order chi connectivity index (χ1) is 9.90. The molecule has 0 aliphatic carbocycles. The van der Waals surface area contributed by atoms with E-state index in [4.69, 9.17) is 4.74 Å². The van der Waals surface area contributed by atoms with E-state index >= 15 is 0 Å². The molecule has 2 N–H and O–H groups in total. The van der Waals surface area contributed by atoms with Gasteiger partial charge in [-0.25, -0.2) is 0 Å². The summed E-state index contributed by atoms with van der Waals surface area (Å²) in [4.78, 5) is 4.37. The van der Waals surface area contributed by atoms with E-state index in [2.05, 4.69) is 23.6 Å². The summed E-state index contributed by atoms with van der Waals surface area (Å²) in [5, 5.41) is 21.0. The van der Waals surface area contributed by atoms with Crippen LogP contribution >= 0.6 is 0 Å². The highest BCUT2D eigenvalue weighted by atomic mass is 16.5. The van der Waals surface area contributed by atoms with Gasteiger partial charge in [0.25, 0.3) is 0 Å². The van der Waals surface area contributed by atoms with E-state index in [0.29, 0.717) is 13.0 Å². The molecule has 5 atom stereocenters. The van der Waals surface area contributed by atoms with Gasteiger partial charge in [0.15, 0.2) is 0 Å². The average molecular weight is 300 g/mol. The van der Waals surface area contributed by atoms with E-state index in [9.17, 15) is 10.2 Å². The summed E-state index contributed by atoms with van der Waals surface area (Å²) in [6, 6.07) is 0.0457. The summed E-state index contributed by atoms with van der Waals surface area (Å²) in [7, 11) is 3.97. The lowest BCUT2D eigenvalue weighted by Crippen LogP contribution is -2.58. The number of likely N-dealkylation sites (tertiary alicyclic amines) is 1. The third kappa shape index (κ3) is 4.17. The lowest BCUT2D eigenvalue weighted by molar-refractivity contribution is -0.190. The van der Waals surface area contributed by atoms with Crippen molar-refractivity contribution in [2.45, 2.75) is 63.6 Å². The molecule has 21 heavy (non-hydrogen) atoms. The Kier molecular flexibility index (Phi) is 6.03. The molecule has 0 radical (unpaired) electrons. The lowest BCUT2D eigenvalue weighted by Gasteiger charge is -2.45. The Hall–Kier alpha value is -0.200. The Labute approximate surface area is 128 Å². The topological polar surface area (TPSA) is 56.2 Å². The Morgan fingerprint density at radius 2 is 1.86 bits per heavy atom. The molecule has 124 valence electrons. The Morgan fingerprint density at radius 1 is 1.24 bits per heavy atom. The molecule has 0 bridgehead atoms. The second kappa shape index (κ2) is 7.38. The first kappa shape index (κ1) is 17.2. The van der Waals surface area contributed by atoms with Gasteiger partial charge in [0.2, 0.25) is 0 Å². The second-order valence-corrected chi connectivity index (χ2v) is 7.22. The standard InChI is InChI=1S/C16H32N2O3/c1-11(2)16-15(20)12(17(3)4)9-14(21-16)13(19)10-18-7-5-6-8-18/h11-16,19-20H,5-10H2,1-4H3/t12?,13?,14?,15?,16-/m0/s1. The first-order valence-electron chi connectivity index (χ1n) is 8.30. The minimum Gasteiger partial charge on any atom is -0.389 e. The van der Waals surface area contributed by atoms with Gasteiger partial charge >= 0.3 is 0 Å². The summed E-state index contributed by atoms with van der Waals surface area (Å²) in [5.41, 5.74) is 0. The molecule has 0 saturated carbocycles. The molecule has 2 saturated heterocycles. The van der Waals surface area contributed by atoms with Crippen LogP contribution in [-0.4, -0.2) is 84.2 Å². The maximum Gasteiger partial charge on any atom is 0.0959 e. The molecule has 2 aliphatic heterocycles. The molecule has 5 heteroatoms. The highest BCUT2D eigenvalue weighted by Crippen LogP contribution is 2.29. The third-order valence-electron chi connectivity index (χ3n) is 4.93. The van der Waals surface area contributed by atoms with Crippen LogP contribution in [-0.2, 0) is 4.74 Å². The minimum atomic E-state index is -0.491. The summed E-state index contributed by atoms with van der Waals surface area (Å²) >= 11 is 0. The maximum absolute atomic E-state index is 10.6. The molecular formula is C16H32N2O3. The molecule has 2 heterocycles. The predicted molar refractivity (Wildman–Crippen MR) is 83.3 cm³/mol. The highest BCUT2D eigenvalue weighted by Gasteiger charge is 2.42. The summed E-state index contributed by atoms with van der Waals surface area (Å²) < 4.78 is 6.06. The van der Waals surface area contributed by atoms with Crippen LogP contribution in [0.2, 0.25) is 0 Å². The quantitative estimate of drug-likeness (QED) is 0.776. The van der Waals surface area contributed by atoms with Crippen LogP contribution < -0.4 is 0 Å². The molecular weight excluding hydrogens is 268 g/mol. The highest BCUT2D eigenvalue weighted by molar-refractivity contribution is 4.94. The van der Waals surface area contributed by atoms with Crippen LogP contribution in [0.15, 0.2) is 0 Å². The second-order valence-electron chi connectivity index (χ2n) is 7.22. The summed E-state index contributed by atoms with van der Waals surface area (Å²) in [6.07, 6.45) is 1.79. The largest absolute Gasteiger partial charge is 0.389 e. The van der Waals surface area contributed by atoms with Crippen LogP contribution in [0.4, 0.5) is 0 Å². The van der Waals surface area contributed by atoms with Crippen molar-refractivity contribution in [3.8, 4) is 0 Å². The van der Waals surface area contributed by atoms with E-state index in [1.54, 1.807) is 0 Å². The molecule has 4 unspecified atom stereocenters. The molecule has 2 aliphatic rings. The van der Waals surface area contributed by atoms with E-state index < -0.39 is 12.2 Å². The van der Waals surface area contributed by atoms with Gasteiger partial charge in [0, 0.05) is 12.6 Å². The Bertz CT molecular complexity index is 301. The van der Waals surface area contributed by atoms with Gasteiger partial charge in [-0.05, 0) is 52.4 Å². The predicted octanol–water partition coefficient (Wildman–Crippen LogP) is 0.548. The summed E-state index contributed by atoms with van der Waals surface area (Å²) in [5.74, 6) is 0.240. The van der Waals surface area contributed by atoms with Gasteiger partial charge in [0.1, 0.15) is 0 Å². The van der Waals surface area contributed by atoms with Crippen molar-refractivity contribution in [3.63, 3.8) is 0 Å². The van der Waals surface area contributed by atoms with Crippen molar-refractivity contribution in [3.05, 3.63) is 0 Å². The van der Waals surface area contributed by atoms with Crippen LogP contribution in [0.3, 0.4) is 0 Å². The third-order valence-corrected chi connectivity index (χ3v) is 4.93. The van der Waals surface area contributed by atoms with E-state index in [1.807, 2.05) is 14.1 Å². The van der Waals surface area contributed by atoms with Crippen molar-refractivity contribution in [1.29, 1.82) is 0 Å². The van der Waals surface area contributed by atoms with Crippen molar-refractivity contribution < 1.29 is 14.9 Å². The molecule has 0 aromatic carbocycles. The smallest absolute Gasteiger partial charge is 0.0959 e. The van der Waals surface area contributed by atoms with Crippen LogP contribution in [0.5, 0.6) is 0 Å². The number of ether oxygens (including phenoxy) is 1. The van der Waals surface area contributed by atoms with Gasteiger partial charge in [0.05, 0.1) is 24.4 Å². The van der Waals surface area contributed by atoms with Crippen molar-refractivity contribution in [2.75, 3.05) is 33.7 Å². The van der Waals surface area contributed by atoms with E-state index in [0.717, 1.165) is 13.1 Å². The molecule has 0 aromatic heterocycles. The number of hydrogen-bond acceptors (Lipinski definition) is 5. The molecule has 0 spiro atoms. The zero-order valence-corrected chi connectivity index (χ0v) is 13.9. The maximum atomic E-state index is 10.6. The van der Waals surface area contributed by atoms with Crippen molar-refractivity contribution in [1.82, 2.24) is 9.80 Å². The van der Waals surface area contributed by atoms with Crippen LogP contribution in [0, 0.1) is 5.92 Å². The molecule has 0 aromatic rings. The number of β-amino-alcohol motifs (C(OH)–C–C–N with tert-alkyl or cyclic N) is 1. The zero-order chi connectivity index (χ0) is 15.6. The van der Waals surface area contributed by atoms with Crippen molar-refractivity contribution in [2.24, 2.45) is 5.92 Å². The molecule has 2 fully saturated rings. The van der Waals surface area contributed by atoms with Gasteiger partial charge < -0.3 is 24.7 Å². The fourth-order valence-electron chi connectivity index (χ4n) is 3.60. The lowest BCUT2D eigenvalue weighted by atomic mass is 9.87. The number of aliphatic hydroxyl groups excluding tert-OH is 2. The fraction of sp³-hybridized carbons (Fsp3) is 1.00. The Morgan fingerprint density at radius 3 is 2.38 bits per heavy atom. The summed E-state index contributed by atoms with van der Waals surface area (Å²) in [6.45, 7) is 6.98. The normalized spacial score (nSPS) is 36.6. The SMILES string of the molecule is CC(C)[C@@H]1OC(C(O)CN2CCCC2)CC(N(C)C)C1O. The number of rotatable bonds is 5. The minimum absolute atomic E-state index is 0.0457. The van der Waals surface area contributed by atoms with E-state index in [1.165, 1.54) is 12.8 Å². The molecule has 2 rings (SSSR count). The van der Waals surface area contributed by atoms with Crippen LogP contribution in [0.1, 0.15) is 33.1 Å². The van der Waals surface area contributed by atoms with Gasteiger partial charge in [-0.3, -0.25) is 0 Å². The van der Waals surface area contributed by atoms with Gasteiger partial charge in [-0.2, -0.15) is 0 Å². The average Bonchev–Trinajstić information content (AvgIpc) is 2.90. The van der Waals surface area contributed by atoms with Crippen LogP contribution in [0.25, 0.3) is 0 Å². The number of hydrogen-bond donors (Lipinski definition) is 2. The van der Waals surface area contributed by atoms with Gasteiger partial charge in [-0.15, -0.1) is 0 Å². The number of aliphatic hydroxyl groups is 2. The zero-order valence-electron chi connectivity index (χ0n) is 13.9. The van der Waals surface area contributed by atoms with Crippen molar-refractivity contribution >= 4 is 0 Å². The van der Waals surface area contributed by atoms with E-state index in [-0.39, 0.29) is 24.2 Å². The fourth-order valence-corrected chi connectivity index (χ4v) is 3.60. The monoisotopic (exact) mass is 300 g/mol. The number of likely N-dealkylation sites (N-methyl/N-ethyl adjacent to an activating group) is 1. The number of nitrogens with zero attached hydrogens (tertiary/aromatic N) is 2. The molecule has 0 amide bonds. The first-order valence-corrected chi connectivity index (χ1v) is 8.30. The molecule has 5 nitrogen and oxygen atoms in total. The Balaban J connectivity index is 2.00.